The average Bonchev–Trinajstić information content (AvgIpc) is 4.07. The minimum absolute atomic E-state index is 0.823. The second-order valence-electron chi connectivity index (χ2n) is 18.8. The van der Waals surface area contributed by atoms with Gasteiger partial charge in [0.05, 0.1) is 11.2 Å². The van der Waals surface area contributed by atoms with Crippen molar-refractivity contribution in [3.63, 3.8) is 0 Å². The van der Waals surface area contributed by atoms with Gasteiger partial charge in [0.1, 0.15) is 5.58 Å². The Bertz CT molecular complexity index is 4680. The summed E-state index contributed by atoms with van der Waals surface area (Å²) in [6.07, 6.45) is 1.97. The zero-order valence-corrected chi connectivity index (χ0v) is 39.1. The third-order valence-electron chi connectivity index (χ3n) is 15.1. The first-order valence-corrected chi connectivity index (χ1v) is 24.8. The van der Waals surface area contributed by atoms with Gasteiger partial charge in [0.25, 0.3) is 0 Å². The number of rotatable bonds is 5. The van der Waals surface area contributed by atoms with E-state index in [0.29, 0.717) is 0 Å². The van der Waals surface area contributed by atoms with Crippen molar-refractivity contribution in [2.24, 2.45) is 0 Å². The highest BCUT2D eigenvalue weighted by atomic mass is 32.1. The predicted octanol–water partition coefficient (Wildman–Crippen LogP) is 19.6. The maximum absolute atomic E-state index is 6.94. The highest BCUT2D eigenvalue weighted by Gasteiger charge is 2.25. The maximum atomic E-state index is 6.94. The zero-order valence-electron chi connectivity index (χ0n) is 38.3. The molecule has 0 radical (unpaired) electrons. The molecule has 0 aliphatic carbocycles. The van der Waals surface area contributed by atoms with Crippen LogP contribution in [0.3, 0.4) is 0 Å². The van der Waals surface area contributed by atoms with Crippen molar-refractivity contribution in [3.8, 4) is 39.4 Å². The molecule has 0 aliphatic rings. The van der Waals surface area contributed by atoms with E-state index in [1.807, 2.05) is 17.4 Å². The van der Waals surface area contributed by atoms with Crippen LogP contribution in [-0.2, 0) is 0 Å². The molecule has 2 nitrogen and oxygen atoms in total. The largest absolute Gasteiger partial charge is 0.454 e. The summed E-state index contributed by atoms with van der Waals surface area (Å²) in [4.78, 5) is 0. The van der Waals surface area contributed by atoms with E-state index in [1.54, 1.807) is 0 Å². The quantitative estimate of drug-likeness (QED) is 0.124. The molecule has 0 atom stereocenters. The van der Waals surface area contributed by atoms with Crippen molar-refractivity contribution in [2.75, 3.05) is 0 Å². The van der Waals surface area contributed by atoms with Gasteiger partial charge in [0.15, 0.2) is 5.76 Å². The van der Waals surface area contributed by atoms with Crippen molar-refractivity contribution in [2.45, 2.75) is 6.92 Å². The molecule has 0 saturated carbocycles. The van der Waals surface area contributed by atoms with Crippen LogP contribution in [0.2, 0.25) is 0 Å². The van der Waals surface area contributed by atoms with Crippen LogP contribution in [0.1, 0.15) is 11.1 Å². The van der Waals surface area contributed by atoms with E-state index in [-0.39, 0.29) is 0 Å². The van der Waals surface area contributed by atoms with Gasteiger partial charge in [-0.2, -0.15) is 0 Å². The number of thiophene rings is 1. The summed E-state index contributed by atoms with van der Waals surface area (Å²) >= 11 is 1.89. The molecule has 0 spiro atoms. The zero-order chi connectivity index (χ0) is 46.2. The lowest BCUT2D eigenvalue weighted by atomic mass is 9.85. The van der Waals surface area contributed by atoms with Crippen LogP contribution >= 0.6 is 11.3 Å². The predicted molar refractivity (Wildman–Crippen MR) is 302 cm³/mol. The molecule has 3 heterocycles. The Morgan fingerprint density at radius 3 is 1.56 bits per heavy atom. The number of hydrogen-bond acceptors (Lipinski definition) is 2. The summed E-state index contributed by atoms with van der Waals surface area (Å²) < 4.78 is 11.9. The fourth-order valence-electron chi connectivity index (χ4n) is 12.0. The van der Waals surface area contributed by atoms with Gasteiger partial charge in [-0.05, 0) is 166 Å². The Hall–Kier alpha value is -8.76. The van der Waals surface area contributed by atoms with Crippen molar-refractivity contribution in [1.29, 1.82) is 0 Å². The second-order valence-corrected chi connectivity index (χ2v) is 19.8. The fourth-order valence-corrected chi connectivity index (χ4v) is 13.1. The van der Waals surface area contributed by atoms with Gasteiger partial charge in [0.2, 0.25) is 0 Å². The van der Waals surface area contributed by atoms with E-state index < -0.39 is 0 Å². The van der Waals surface area contributed by atoms with Gasteiger partial charge in [-0.15, -0.1) is 11.3 Å². The molecular formula is C67H41NOS. The number of aromatic nitrogens is 1. The van der Waals surface area contributed by atoms with Gasteiger partial charge in [-0.25, -0.2) is 0 Å². The number of fused-ring (bicyclic) bond motifs is 14. The van der Waals surface area contributed by atoms with Gasteiger partial charge in [-0.1, -0.05) is 158 Å². The molecule has 15 aromatic rings. The number of benzene rings is 12. The van der Waals surface area contributed by atoms with Crippen LogP contribution in [-0.4, -0.2) is 4.57 Å². The molecule has 0 fully saturated rings. The summed E-state index contributed by atoms with van der Waals surface area (Å²) in [5.74, 6) is 0.823. The Kier molecular flexibility index (Phi) is 8.34. The first-order valence-electron chi connectivity index (χ1n) is 24.0. The molecule has 0 bridgehead atoms. The lowest BCUT2D eigenvalue weighted by Gasteiger charge is -2.18. The van der Waals surface area contributed by atoms with E-state index in [2.05, 4.69) is 230 Å². The Labute approximate surface area is 407 Å². The van der Waals surface area contributed by atoms with Crippen molar-refractivity contribution < 1.29 is 4.42 Å². The molecule has 0 aliphatic heterocycles. The Morgan fingerprint density at radius 1 is 0.414 bits per heavy atom. The fraction of sp³-hybridized carbons (Fsp3) is 0.0149. The molecule has 3 aromatic heterocycles. The summed E-state index contributed by atoms with van der Waals surface area (Å²) in [7, 11) is 0. The van der Waals surface area contributed by atoms with E-state index in [0.717, 1.165) is 44.8 Å². The van der Waals surface area contributed by atoms with Crippen LogP contribution < -0.4 is 0 Å². The van der Waals surface area contributed by atoms with E-state index in [1.165, 1.54) is 112 Å². The number of hydrogen-bond donors (Lipinski definition) is 0. The van der Waals surface area contributed by atoms with Gasteiger partial charge in [-0.3, -0.25) is 0 Å². The lowest BCUT2D eigenvalue weighted by molar-refractivity contribution is 0.626. The highest BCUT2D eigenvalue weighted by molar-refractivity contribution is 7.25. The number of aryl methyl sites for hydroxylation is 1. The topological polar surface area (TPSA) is 18.1 Å². The van der Waals surface area contributed by atoms with E-state index >= 15 is 0 Å². The SMILES string of the molecule is C=Cc1c(-c2c(C)c3ccccc3n2-c2ccccc2)oc2ccc(-c3c4ccccc4c(-c4ccc5sc6cc7c8ccccc8c8cc9ccccc9cc8c7cc6c5c4)c4ccccc34)cc12. The van der Waals surface area contributed by atoms with Gasteiger partial charge >= 0.3 is 0 Å². The summed E-state index contributed by atoms with van der Waals surface area (Å²) in [5.41, 5.74) is 11.1. The number of para-hydroxylation sites is 2. The summed E-state index contributed by atoms with van der Waals surface area (Å²) in [6.45, 7) is 6.59. The summed E-state index contributed by atoms with van der Waals surface area (Å²) in [6, 6.07) is 78.4. The Balaban J connectivity index is 0.937. The standard InChI is InChI=1S/C67H41NOS/c1-3-45-57-35-42(29-31-61(57)69-67(45)66-39(2)46-21-15-16-28-60(46)68(66)44-19-5-4-6-20-44)64-49-24-11-13-26-51(49)65(52-27-14-12-25-50(52)64)43-30-32-62-58(36-43)59-37-55-54-34-41-18-8-7-17-40(41)33-53(54)47-22-9-10-23-48(47)56(55)38-63(59)70-62/h3-38H,1H2,2H3. The van der Waals surface area contributed by atoms with Crippen molar-refractivity contribution >= 4 is 124 Å². The lowest BCUT2D eigenvalue weighted by Crippen LogP contribution is -1.97. The Morgan fingerprint density at radius 2 is 0.914 bits per heavy atom. The van der Waals surface area contributed by atoms with Gasteiger partial charge in [0, 0.05) is 42.2 Å². The molecule has 70 heavy (non-hydrogen) atoms. The van der Waals surface area contributed by atoms with E-state index in [9.17, 15) is 0 Å². The maximum Gasteiger partial charge on any atom is 0.159 e. The van der Waals surface area contributed by atoms with Crippen LogP contribution in [0.5, 0.6) is 0 Å². The van der Waals surface area contributed by atoms with Crippen LogP contribution in [0.4, 0.5) is 0 Å². The molecule has 0 saturated heterocycles. The molecule has 3 heteroatoms. The number of nitrogens with zero attached hydrogens (tertiary/aromatic N) is 1. The number of furan rings is 1. The van der Waals surface area contributed by atoms with Crippen molar-refractivity contribution in [3.05, 3.63) is 230 Å². The third-order valence-corrected chi connectivity index (χ3v) is 16.2. The molecule has 326 valence electrons. The molecule has 0 unspecified atom stereocenters. The van der Waals surface area contributed by atoms with Gasteiger partial charge < -0.3 is 8.98 Å². The molecule has 15 rings (SSSR count). The van der Waals surface area contributed by atoms with Crippen LogP contribution in [0.15, 0.2) is 223 Å². The van der Waals surface area contributed by atoms with Crippen LogP contribution in [0, 0.1) is 6.92 Å². The third kappa shape index (κ3) is 5.55. The minimum Gasteiger partial charge on any atom is -0.454 e. The molecule has 0 amide bonds. The monoisotopic (exact) mass is 907 g/mol. The smallest absolute Gasteiger partial charge is 0.159 e. The highest BCUT2D eigenvalue weighted by Crippen LogP contribution is 2.49. The summed E-state index contributed by atoms with van der Waals surface area (Å²) in [5, 5.41) is 20.1. The molecule has 0 N–H and O–H groups in total. The van der Waals surface area contributed by atoms with Crippen molar-refractivity contribution in [1.82, 2.24) is 4.57 Å². The molecular weight excluding hydrogens is 867 g/mol. The average molecular weight is 908 g/mol. The molecule has 12 aromatic carbocycles. The first-order chi connectivity index (χ1) is 34.6. The second kappa shape index (κ2) is 14.9. The van der Waals surface area contributed by atoms with Crippen LogP contribution in [0.25, 0.3) is 152 Å². The first kappa shape index (κ1) is 39.3. The minimum atomic E-state index is 0.823. The van der Waals surface area contributed by atoms with E-state index in [4.69, 9.17) is 4.42 Å². The normalized spacial score (nSPS) is 12.1.